The lowest BCUT2D eigenvalue weighted by Gasteiger charge is -2.34. The number of hydrogen-bond donors (Lipinski definition) is 2. The van der Waals surface area contributed by atoms with Crippen molar-refractivity contribution in [3.63, 3.8) is 0 Å². The highest BCUT2D eigenvalue weighted by molar-refractivity contribution is 7.09. The van der Waals surface area contributed by atoms with E-state index in [2.05, 4.69) is 50.2 Å². The fourth-order valence-corrected chi connectivity index (χ4v) is 4.33. The number of nitrogens with zero attached hydrogens (tertiary/aromatic N) is 1. The summed E-state index contributed by atoms with van der Waals surface area (Å²) in [6.07, 6.45) is 1.81. The van der Waals surface area contributed by atoms with Crippen molar-refractivity contribution >= 4 is 17.4 Å². The third-order valence-electron chi connectivity index (χ3n) is 4.66. The van der Waals surface area contributed by atoms with Gasteiger partial charge in [0.2, 0.25) is 0 Å². The Hall–Kier alpha value is -1.82. The van der Waals surface area contributed by atoms with E-state index in [1.165, 1.54) is 0 Å². The number of hydrogen-bond acceptors (Lipinski definition) is 4. The molecule has 6 heteroatoms. The van der Waals surface area contributed by atoms with Gasteiger partial charge in [0.1, 0.15) is 11.5 Å². The van der Waals surface area contributed by atoms with Crippen LogP contribution in [0.3, 0.4) is 0 Å². The fourth-order valence-electron chi connectivity index (χ4n) is 3.43. The van der Waals surface area contributed by atoms with Crippen molar-refractivity contribution in [1.29, 1.82) is 0 Å². The number of carbonyl (C=O) groups is 1. The summed E-state index contributed by atoms with van der Waals surface area (Å²) in [5, 5.41) is 9.16. The second-order valence-electron chi connectivity index (χ2n) is 9.05. The molecule has 1 aliphatic carbocycles. The normalized spacial score (nSPS) is 19.1. The Bertz CT molecular complexity index is 798. The molecule has 3 rings (SSSR count). The van der Waals surface area contributed by atoms with Crippen LogP contribution in [0.5, 0.6) is 0 Å². The van der Waals surface area contributed by atoms with Gasteiger partial charge in [-0.15, -0.1) is 11.3 Å². The van der Waals surface area contributed by atoms with E-state index in [0.717, 1.165) is 40.6 Å². The summed E-state index contributed by atoms with van der Waals surface area (Å²) in [7, 11) is 0. The van der Waals surface area contributed by atoms with Gasteiger partial charge in [-0.2, -0.15) is 0 Å². The van der Waals surface area contributed by atoms with Gasteiger partial charge in [-0.05, 0) is 24.8 Å². The van der Waals surface area contributed by atoms with Crippen LogP contribution in [0.4, 0.5) is 4.79 Å². The summed E-state index contributed by atoms with van der Waals surface area (Å²) < 4.78 is 5.84. The number of rotatable bonds is 3. The topological polar surface area (TPSA) is 67.2 Å². The number of thiazole rings is 1. The molecule has 0 aromatic carbocycles. The number of aryl methyl sites for hydroxylation is 1. The molecule has 0 spiro atoms. The molecule has 26 heavy (non-hydrogen) atoms. The second kappa shape index (κ2) is 6.72. The smallest absolute Gasteiger partial charge is 0.315 e. The van der Waals surface area contributed by atoms with Crippen molar-refractivity contribution in [2.75, 3.05) is 0 Å². The van der Waals surface area contributed by atoms with E-state index in [0.29, 0.717) is 6.54 Å². The minimum Gasteiger partial charge on any atom is -0.466 e. The largest absolute Gasteiger partial charge is 0.466 e. The average Bonchev–Trinajstić information content (AvgIpc) is 3.09. The maximum atomic E-state index is 12.4. The van der Waals surface area contributed by atoms with E-state index in [-0.39, 0.29) is 22.9 Å². The van der Waals surface area contributed by atoms with Gasteiger partial charge in [0.05, 0.1) is 23.3 Å². The van der Waals surface area contributed by atoms with Crippen LogP contribution in [0.25, 0.3) is 0 Å². The Morgan fingerprint density at radius 1 is 1.42 bits per heavy atom. The first kappa shape index (κ1) is 19.0. The van der Waals surface area contributed by atoms with Crippen LogP contribution < -0.4 is 10.6 Å². The molecule has 1 atom stereocenters. The van der Waals surface area contributed by atoms with Crippen LogP contribution in [0.1, 0.15) is 74.9 Å². The minimum absolute atomic E-state index is 0.0215. The van der Waals surface area contributed by atoms with Gasteiger partial charge >= 0.3 is 6.03 Å². The number of carbonyl (C=O) groups excluding carboxylic acids is 1. The monoisotopic (exact) mass is 375 g/mol. The van der Waals surface area contributed by atoms with Gasteiger partial charge in [0.25, 0.3) is 0 Å². The summed E-state index contributed by atoms with van der Waals surface area (Å²) >= 11 is 1.64. The molecule has 142 valence electrons. The van der Waals surface area contributed by atoms with E-state index in [9.17, 15) is 4.79 Å². The first-order valence-electron chi connectivity index (χ1n) is 9.12. The van der Waals surface area contributed by atoms with Crippen molar-refractivity contribution in [1.82, 2.24) is 15.6 Å². The van der Waals surface area contributed by atoms with Gasteiger partial charge < -0.3 is 15.1 Å². The molecular weight excluding hydrogens is 346 g/mol. The Labute approximate surface area is 159 Å². The Balaban J connectivity index is 1.62. The fraction of sp³-hybridized carbons (Fsp3) is 0.600. The minimum atomic E-state index is -0.164. The zero-order valence-electron chi connectivity index (χ0n) is 16.5. The summed E-state index contributed by atoms with van der Waals surface area (Å²) in [5.41, 5.74) is 2.15. The van der Waals surface area contributed by atoms with Crippen LogP contribution in [0.15, 0.2) is 15.9 Å². The molecule has 2 amide bonds. The van der Waals surface area contributed by atoms with E-state index in [4.69, 9.17) is 4.42 Å². The number of furan rings is 1. The maximum absolute atomic E-state index is 12.4. The van der Waals surface area contributed by atoms with Gasteiger partial charge in [-0.25, -0.2) is 9.78 Å². The molecule has 0 bridgehead atoms. The first-order valence-corrected chi connectivity index (χ1v) is 10.00. The molecule has 0 saturated carbocycles. The van der Waals surface area contributed by atoms with Crippen LogP contribution in [0.2, 0.25) is 0 Å². The van der Waals surface area contributed by atoms with Crippen molar-refractivity contribution in [2.45, 2.75) is 72.4 Å². The number of fused-ring (bicyclic) bond motifs is 1. The van der Waals surface area contributed by atoms with Crippen molar-refractivity contribution in [3.05, 3.63) is 39.2 Å². The molecule has 0 fully saturated rings. The van der Waals surface area contributed by atoms with Crippen LogP contribution in [0, 0.1) is 12.3 Å². The summed E-state index contributed by atoms with van der Waals surface area (Å²) in [6, 6.07) is 1.86. The molecule has 2 N–H and O–H groups in total. The van der Waals surface area contributed by atoms with Crippen LogP contribution >= 0.6 is 11.3 Å². The molecule has 2 aromatic rings. The lowest BCUT2D eigenvalue weighted by Crippen LogP contribution is -2.41. The molecule has 1 unspecified atom stereocenters. The molecule has 1 aliphatic rings. The zero-order chi connectivity index (χ0) is 19.1. The summed E-state index contributed by atoms with van der Waals surface area (Å²) in [5.74, 6) is 1.90. The van der Waals surface area contributed by atoms with Crippen molar-refractivity contribution in [3.8, 4) is 0 Å². The van der Waals surface area contributed by atoms with Gasteiger partial charge in [-0.3, -0.25) is 0 Å². The van der Waals surface area contributed by atoms with E-state index < -0.39 is 0 Å². The standard InChI is InChI=1S/C20H29N3O2S/c1-12-7-14-15(8-20(5,6)9-16(14)25-12)23-18(24)21-10-13-11-26-17(22-13)19(2,3)4/h7,11,15H,8-10H2,1-6H3,(H2,21,23,24). The highest BCUT2D eigenvalue weighted by Gasteiger charge is 2.35. The number of amides is 2. The van der Waals surface area contributed by atoms with Crippen molar-refractivity contribution < 1.29 is 9.21 Å². The summed E-state index contributed by atoms with van der Waals surface area (Å²) in [6.45, 7) is 13.2. The van der Waals surface area contributed by atoms with Gasteiger partial charge in [0, 0.05) is 22.8 Å². The number of aromatic nitrogens is 1. The molecule has 2 heterocycles. The molecule has 5 nitrogen and oxygen atoms in total. The van der Waals surface area contributed by atoms with E-state index in [1.807, 2.05) is 18.4 Å². The van der Waals surface area contributed by atoms with Crippen molar-refractivity contribution in [2.24, 2.45) is 5.41 Å². The summed E-state index contributed by atoms with van der Waals surface area (Å²) in [4.78, 5) is 17.1. The number of nitrogens with one attached hydrogen (secondary N) is 2. The Morgan fingerprint density at radius 3 is 2.81 bits per heavy atom. The molecule has 0 radical (unpaired) electrons. The lowest BCUT2D eigenvalue weighted by molar-refractivity contribution is 0.214. The van der Waals surface area contributed by atoms with E-state index >= 15 is 0 Å². The van der Waals surface area contributed by atoms with Gasteiger partial charge in [0.15, 0.2) is 0 Å². The highest BCUT2D eigenvalue weighted by Crippen LogP contribution is 2.41. The van der Waals surface area contributed by atoms with Crippen LogP contribution in [-0.2, 0) is 18.4 Å². The van der Waals surface area contributed by atoms with Gasteiger partial charge in [-0.1, -0.05) is 34.6 Å². The molecule has 0 saturated heterocycles. The van der Waals surface area contributed by atoms with Crippen LogP contribution in [-0.4, -0.2) is 11.0 Å². The molecular formula is C20H29N3O2S. The zero-order valence-corrected chi connectivity index (χ0v) is 17.3. The second-order valence-corrected chi connectivity index (χ2v) is 9.91. The Morgan fingerprint density at radius 2 is 2.15 bits per heavy atom. The van der Waals surface area contributed by atoms with E-state index in [1.54, 1.807) is 11.3 Å². The predicted molar refractivity (Wildman–Crippen MR) is 104 cm³/mol. The lowest BCUT2D eigenvalue weighted by atomic mass is 9.75. The third-order valence-corrected chi connectivity index (χ3v) is 5.98. The third kappa shape index (κ3) is 4.29. The SMILES string of the molecule is Cc1cc2c(o1)CC(C)(C)CC2NC(=O)NCc1csc(C(C)(C)C)n1. The maximum Gasteiger partial charge on any atom is 0.315 e. The Kier molecular flexibility index (Phi) is 4.90. The molecule has 0 aliphatic heterocycles. The quantitative estimate of drug-likeness (QED) is 0.805. The average molecular weight is 376 g/mol. The highest BCUT2D eigenvalue weighted by atomic mass is 32.1. The first-order chi connectivity index (χ1) is 12.0. The predicted octanol–water partition coefficient (Wildman–Crippen LogP) is 4.85. The number of urea groups is 1. The molecule has 2 aromatic heterocycles.